The molecule has 2 saturated heterocycles. The number of aliphatic hydroxyl groups excluding tert-OH is 1. The van der Waals surface area contributed by atoms with E-state index in [4.69, 9.17) is 0 Å². The Labute approximate surface area is 73.1 Å². The van der Waals surface area contributed by atoms with Crippen LogP contribution < -0.4 is 0 Å². The van der Waals surface area contributed by atoms with Gasteiger partial charge >= 0.3 is 0 Å². The van der Waals surface area contributed by atoms with Crippen LogP contribution in [-0.2, 0) is 0 Å². The first-order valence-electron chi connectivity index (χ1n) is 4.42. The molecule has 0 spiro atoms. The van der Waals surface area contributed by atoms with Gasteiger partial charge in [-0.15, -0.1) is 0 Å². The number of aliphatic hydroxyl groups is 1. The van der Waals surface area contributed by atoms with Crippen LogP contribution in [0.5, 0.6) is 0 Å². The average molecular weight is 173 g/mol. The van der Waals surface area contributed by atoms with Gasteiger partial charge in [-0.05, 0) is 25.7 Å². The smallest absolute Gasteiger partial charge is 0.0570 e. The van der Waals surface area contributed by atoms with Gasteiger partial charge in [-0.1, -0.05) is 19.2 Å². The van der Waals surface area contributed by atoms with Crippen molar-refractivity contribution in [2.24, 2.45) is 0 Å². The molecule has 0 aromatic carbocycles. The summed E-state index contributed by atoms with van der Waals surface area (Å²) >= 11 is 4.45. The number of hydrogen-bond donors (Lipinski definition) is 2. The third-order valence-corrected chi connectivity index (χ3v) is 3.56. The molecule has 2 rings (SSSR count). The number of rotatable bonds is 0. The standard InChI is InChI=1S/C8H15NOS/c10-8-4-6-2-1-3-7(5-8)9(6)11/h6-8,10-11H,1-5H2. The molecule has 64 valence electrons. The second kappa shape index (κ2) is 2.96. The maximum Gasteiger partial charge on any atom is 0.0570 e. The molecule has 0 aliphatic carbocycles. The van der Waals surface area contributed by atoms with E-state index in [0.717, 1.165) is 12.8 Å². The topological polar surface area (TPSA) is 23.5 Å². The molecule has 2 bridgehead atoms. The fourth-order valence-corrected chi connectivity index (χ4v) is 2.75. The van der Waals surface area contributed by atoms with Gasteiger partial charge in [-0.3, -0.25) is 0 Å². The van der Waals surface area contributed by atoms with E-state index < -0.39 is 0 Å². The van der Waals surface area contributed by atoms with Crippen LogP contribution in [0.15, 0.2) is 0 Å². The van der Waals surface area contributed by atoms with Crippen LogP contribution in [-0.4, -0.2) is 27.6 Å². The summed E-state index contributed by atoms with van der Waals surface area (Å²) in [4.78, 5) is 0. The molecule has 3 heteroatoms. The van der Waals surface area contributed by atoms with Crippen molar-refractivity contribution in [3.63, 3.8) is 0 Å². The number of hydrogen-bond acceptors (Lipinski definition) is 3. The molecule has 0 aromatic rings. The Morgan fingerprint density at radius 1 is 1.18 bits per heavy atom. The number of piperidine rings is 2. The first kappa shape index (κ1) is 7.90. The van der Waals surface area contributed by atoms with Crippen molar-refractivity contribution in [1.29, 1.82) is 0 Å². The van der Waals surface area contributed by atoms with E-state index in [1.54, 1.807) is 0 Å². The van der Waals surface area contributed by atoms with Gasteiger partial charge in [0.25, 0.3) is 0 Å². The van der Waals surface area contributed by atoms with Gasteiger partial charge < -0.3 is 5.11 Å². The molecule has 0 amide bonds. The van der Waals surface area contributed by atoms with Crippen molar-refractivity contribution in [2.75, 3.05) is 0 Å². The lowest BCUT2D eigenvalue weighted by Crippen LogP contribution is -2.48. The Morgan fingerprint density at radius 2 is 1.73 bits per heavy atom. The zero-order chi connectivity index (χ0) is 7.84. The quantitative estimate of drug-likeness (QED) is 0.538. The summed E-state index contributed by atoms with van der Waals surface area (Å²) in [6.45, 7) is 0. The zero-order valence-corrected chi connectivity index (χ0v) is 7.50. The Morgan fingerprint density at radius 3 is 2.27 bits per heavy atom. The van der Waals surface area contributed by atoms with E-state index in [1.165, 1.54) is 19.3 Å². The molecular formula is C8H15NOS. The Balaban J connectivity index is 2.07. The van der Waals surface area contributed by atoms with Gasteiger partial charge in [-0.25, -0.2) is 4.31 Å². The predicted octanol–water partition coefficient (Wildman–Crippen LogP) is 1.21. The first-order valence-corrected chi connectivity index (χ1v) is 4.82. The fourth-order valence-electron chi connectivity index (χ4n) is 2.33. The van der Waals surface area contributed by atoms with Gasteiger partial charge in [0.1, 0.15) is 0 Å². The van der Waals surface area contributed by atoms with Crippen LogP contribution in [0, 0.1) is 0 Å². The average Bonchev–Trinajstić information content (AvgIpc) is 1.92. The fraction of sp³-hybridized carbons (Fsp3) is 1.00. The highest BCUT2D eigenvalue weighted by atomic mass is 32.1. The van der Waals surface area contributed by atoms with Gasteiger partial charge in [0.2, 0.25) is 0 Å². The molecule has 2 aliphatic heterocycles. The highest BCUT2D eigenvalue weighted by Crippen LogP contribution is 2.34. The third-order valence-electron chi connectivity index (χ3n) is 2.91. The highest BCUT2D eigenvalue weighted by Gasteiger charge is 2.35. The van der Waals surface area contributed by atoms with Crippen molar-refractivity contribution < 1.29 is 5.11 Å². The third kappa shape index (κ3) is 1.42. The second-order valence-electron chi connectivity index (χ2n) is 3.74. The van der Waals surface area contributed by atoms with E-state index in [9.17, 15) is 5.11 Å². The van der Waals surface area contributed by atoms with E-state index in [2.05, 4.69) is 17.1 Å². The van der Waals surface area contributed by atoms with Gasteiger partial charge in [0.05, 0.1) is 6.10 Å². The van der Waals surface area contributed by atoms with Gasteiger partial charge in [0, 0.05) is 12.1 Å². The van der Waals surface area contributed by atoms with Crippen molar-refractivity contribution in [1.82, 2.24) is 4.31 Å². The minimum absolute atomic E-state index is 0.0614. The second-order valence-corrected chi connectivity index (χ2v) is 4.21. The molecule has 0 aromatic heterocycles. The molecule has 2 atom stereocenters. The van der Waals surface area contributed by atoms with Crippen LogP contribution in [0.3, 0.4) is 0 Å². The summed E-state index contributed by atoms with van der Waals surface area (Å²) < 4.78 is 2.16. The zero-order valence-electron chi connectivity index (χ0n) is 6.61. The lowest BCUT2D eigenvalue weighted by molar-refractivity contribution is 0.0287. The highest BCUT2D eigenvalue weighted by molar-refractivity contribution is 7.77. The normalized spacial score (nSPS) is 45.8. The minimum Gasteiger partial charge on any atom is -0.393 e. The van der Waals surface area contributed by atoms with E-state index in [-0.39, 0.29) is 6.10 Å². The van der Waals surface area contributed by atoms with Crippen LogP contribution >= 0.6 is 12.8 Å². The van der Waals surface area contributed by atoms with E-state index >= 15 is 0 Å². The van der Waals surface area contributed by atoms with Gasteiger partial charge in [-0.2, -0.15) is 0 Å². The number of nitrogens with zero attached hydrogens (tertiary/aromatic N) is 1. The molecule has 2 unspecified atom stereocenters. The number of fused-ring (bicyclic) bond motifs is 2. The summed E-state index contributed by atoms with van der Waals surface area (Å²) in [6.07, 6.45) is 5.56. The molecule has 2 aliphatic rings. The van der Waals surface area contributed by atoms with E-state index in [0.29, 0.717) is 12.1 Å². The maximum atomic E-state index is 9.47. The van der Waals surface area contributed by atoms with E-state index in [1.807, 2.05) is 0 Å². The largest absolute Gasteiger partial charge is 0.393 e. The van der Waals surface area contributed by atoms with Crippen molar-refractivity contribution in [3.05, 3.63) is 0 Å². The Hall–Kier alpha value is 0.270. The monoisotopic (exact) mass is 173 g/mol. The summed E-state index contributed by atoms with van der Waals surface area (Å²) in [5.74, 6) is 0. The predicted molar refractivity (Wildman–Crippen MR) is 47.5 cm³/mol. The van der Waals surface area contributed by atoms with Crippen LogP contribution in [0.25, 0.3) is 0 Å². The summed E-state index contributed by atoms with van der Waals surface area (Å²) in [7, 11) is 0. The molecule has 2 nitrogen and oxygen atoms in total. The molecular weight excluding hydrogens is 158 g/mol. The molecule has 0 saturated carbocycles. The molecule has 2 fully saturated rings. The maximum absolute atomic E-state index is 9.47. The Kier molecular flexibility index (Phi) is 2.12. The minimum atomic E-state index is -0.0614. The molecule has 2 heterocycles. The summed E-state index contributed by atoms with van der Waals surface area (Å²) in [6, 6.07) is 1.08. The first-order chi connectivity index (χ1) is 5.27. The van der Waals surface area contributed by atoms with Crippen LogP contribution in [0.2, 0.25) is 0 Å². The Bertz CT molecular complexity index is 139. The van der Waals surface area contributed by atoms with Crippen molar-refractivity contribution in [2.45, 2.75) is 50.3 Å². The van der Waals surface area contributed by atoms with Crippen LogP contribution in [0.4, 0.5) is 0 Å². The van der Waals surface area contributed by atoms with Crippen molar-refractivity contribution in [3.8, 4) is 0 Å². The lowest BCUT2D eigenvalue weighted by atomic mass is 9.85. The molecule has 11 heavy (non-hydrogen) atoms. The van der Waals surface area contributed by atoms with Crippen molar-refractivity contribution >= 4 is 12.8 Å². The SMILES string of the molecule is OC1CC2CCCC(C1)N2S. The molecule has 1 N–H and O–H groups in total. The lowest BCUT2D eigenvalue weighted by Gasteiger charge is -2.44. The summed E-state index contributed by atoms with van der Waals surface area (Å²) in [5, 5.41) is 9.47. The summed E-state index contributed by atoms with van der Waals surface area (Å²) in [5.41, 5.74) is 0. The van der Waals surface area contributed by atoms with Crippen LogP contribution in [0.1, 0.15) is 32.1 Å². The number of thiol groups is 1. The molecule has 0 radical (unpaired) electrons. The van der Waals surface area contributed by atoms with Gasteiger partial charge in [0.15, 0.2) is 0 Å².